The van der Waals surface area contributed by atoms with Crippen LogP contribution in [0.25, 0.3) is 0 Å². The zero-order valence-electron chi connectivity index (χ0n) is 10.1. The summed E-state index contributed by atoms with van der Waals surface area (Å²) < 4.78 is 1.04. The smallest absolute Gasteiger partial charge is 0.293 e. The van der Waals surface area contributed by atoms with Crippen molar-refractivity contribution in [3.05, 3.63) is 32.4 Å². The van der Waals surface area contributed by atoms with E-state index in [4.69, 9.17) is 0 Å². The molecular weight excluding hydrogens is 316 g/mol. The van der Waals surface area contributed by atoms with Crippen molar-refractivity contribution in [1.82, 2.24) is 20.1 Å². The fraction of sp³-hybridized carbons (Fsp3) is 0.364. The van der Waals surface area contributed by atoms with Crippen molar-refractivity contribution in [2.24, 2.45) is 0 Å². The van der Waals surface area contributed by atoms with Gasteiger partial charge in [-0.3, -0.25) is 9.89 Å². The van der Waals surface area contributed by atoms with Gasteiger partial charge in [0, 0.05) is 28.2 Å². The molecule has 2 aromatic heterocycles. The Hall–Kier alpha value is -1.21. The van der Waals surface area contributed by atoms with E-state index in [0.717, 1.165) is 21.6 Å². The third kappa shape index (κ3) is 2.97. The molecule has 0 atom stereocenters. The van der Waals surface area contributed by atoms with Crippen LogP contribution in [0.3, 0.4) is 0 Å². The number of halogens is 1. The van der Waals surface area contributed by atoms with E-state index in [1.165, 1.54) is 0 Å². The van der Waals surface area contributed by atoms with Gasteiger partial charge >= 0.3 is 0 Å². The average molecular weight is 329 g/mol. The van der Waals surface area contributed by atoms with Crippen molar-refractivity contribution in [2.45, 2.75) is 19.9 Å². The van der Waals surface area contributed by atoms with Crippen LogP contribution in [-0.2, 0) is 13.0 Å². The van der Waals surface area contributed by atoms with Gasteiger partial charge in [-0.25, -0.2) is 4.98 Å². The van der Waals surface area contributed by atoms with Crippen molar-refractivity contribution in [1.29, 1.82) is 0 Å². The second-order valence-corrected chi connectivity index (χ2v) is 5.76. The first-order valence-electron chi connectivity index (χ1n) is 5.49. The van der Waals surface area contributed by atoms with Crippen LogP contribution in [0, 0.1) is 0 Å². The number of carbonyl (C=O) groups excluding carboxylic acids is 1. The number of aromatic amines is 1. The minimum atomic E-state index is -0.171. The first kappa shape index (κ1) is 13.2. The van der Waals surface area contributed by atoms with Crippen molar-refractivity contribution in [3.8, 4) is 0 Å². The van der Waals surface area contributed by atoms with Gasteiger partial charge < -0.3 is 4.90 Å². The highest BCUT2D eigenvalue weighted by Crippen LogP contribution is 2.21. The first-order valence-corrected chi connectivity index (χ1v) is 7.17. The lowest BCUT2D eigenvalue weighted by molar-refractivity contribution is 0.0774. The van der Waals surface area contributed by atoms with Crippen molar-refractivity contribution < 1.29 is 4.79 Å². The highest BCUT2D eigenvalue weighted by atomic mass is 79.9. The molecule has 0 bridgehead atoms. The summed E-state index contributed by atoms with van der Waals surface area (Å²) in [5.74, 6) is 0.783. The first-order chi connectivity index (χ1) is 8.60. The molecule has 2 aromatic rings. The number of carbonyl (C=O) groups is 1. The van der Waals surface area contributed by atoms with Gasteiger partial charge in [-0.2, -0.15) is 0 Å². The molecule has 0 aliphatic carbocycles. The summed E-state index contributed by atoms with van der Waals surface area (Å²) in [5.41, 5.74) is 0. The van der Waals surface area contributed by atoms with E-state index in [9.17, 15) is 4.79 Å². The molecule has 18 heavy (non-hydrogen) atoms. The largest absolute Gasteiger partial charge is 0.334 e. The highest BCUT2D eigenvalue weighted by molar-refractivity contribution is 9.10. The molecule has 0 aromatic carbocycles. The Morgan fingerprint density at radius 1 is 1.61 bits per heavy atom. The lowest BCUT2D eigenvalue weighted by Gasteiger charge is -2.13. The van der Waals surface area contributed by atoms with Gasteiger partial charge in [-0.05, 0) is 22.0 Å². The number of nitrogens with one attached hydrogen (secondary N) is 1. The normalized spacial score (nSPS) is 10.6. The van der Waals surface area contributed by atoms with Gasteiger partial charge in [0.05, 0.1) is 6.54 Å². The number of amides is 1. The molecule has 1 amide bonds. The number of nitrogens with zero attached hydrogens (tertiary/aromatic N) is 3. The van der Waals surface area contributed by atoms with Gasteiger partial charge in [0.15, 0.2) is 0 Å². The maximum atomic E-state index is 12.1. The monoisotopic (exact) mass is 328 g/mol. The maximum Gasteiger partial charge on any atom is 0.293 e. The minimum Gasteiger partial charge on any atom is -0.334 e. The Labute approximate surface area is 117 Å². The Morgan fingerprint density at radius 2 is 2.39 bits per heavy atom. The third-order valence-corrected chi connectivity index (χ3v) is 4.10. The number of aryl methyl sites for hydroxylation is 1. The lowest BCUT2D eigenvalue weighted by Crippen LogP contribution is -2.26. The topological polar surface area (TPSA) is 61.9 Å². The van der Waals surface area contributed by atoms with Gasteiger partial charge in [-0.15, -0.1) is 16.4 Å². The molecule has 2 rings (SSSR count). The van der Waals surface area contributed by atoms with Gasteiger partial charge in [-0.1, -0.05) is 6.92 Å². The number of rotatable bonds is 4. The maximum absolute atomic E-state index is 12.1. The fourth-order valence-electron chi connectivity index (χ4n) is 1.46. The molecule has 2 heterocycles. The molecule has 0 aliphatic heterocycles. The van der Waals surface area contributed by atoms with Crippen LogP contribution in [0.15, 0.2) is 15.9 Å². The quantitative estimate of drug-likeness (QED) is 0.937. The summed E-state index contributed by atoms with van der Waals surface area (Å²) >= 11 is 5.00. The molecule has 0 aliphatic rings. The molecule has 1 N–H and O–H groups in total. The van der Waals surface area contributed by atoms with Crippen LogP contribution in [0.5, 0.6) is 0 Å². The summed E-state index contributed by atoms with van der Waals surface area (Å²) in [6.07, 6.45) is 0.738. The standard InChI is InChI=1S/C11H13BrN4OS/c1-3-9-13-10(15-14-9)11(17)16(2)5-8-4-7(12)6-18-8/h4,6H,3,5H2,1-2H3,(H,13,14,15). The molecule has 0 spiro atoms. The van der Waals surface area contributed by atoms with Crippen LogP contribution < -0.4 is 0 Å². The summed E-state index contributed by atoms with van der Waals surface area (Å²) in [7, 11) is 1.75. The predicted molar refractivity (Wildman–Crippen MR) is 73.6 cm³/mol. The second-order valence-electron chi connectivity index (χ2n) is 3.85. The summed E-state index contributed by atoms with van der Waals surface area (Å²) in [5, 5.41) is 8.66. The summed E-state index contributed by atoms with van der Waals surface area (Å²) in [4.78, 5) is 18.9. The highest BCUT2D eigenvalue weighted by Gasteiger charge is 2.17. The van der Waals surface area contributed by atoms with Gasteiger partial charge in [0.25, 0.3) is 5.91 Å². The van der Waals surface area contributed by atoms with Gasteiger partial charge in [0.1, 0.15) is 5.82 Å². The van der Waals surface area contributed by atoms with Crippen molar-refractivity contribution in [3.63, 3.8) is 0 Å². The summed E-state index contributed by atoms with van der Waals surface area (Å²) in [6, 6.07) is 2.00. The van der Waals surface area contributed by atoms with E-state index in [2.05, 4.69) is 31.1 Å². The van der Waals surface area contributed by atoms with E-state index in [1.54, 1.807) is 23.3 Å². The predicted octanol–water partition coefficient (Wildman–Crippen LogP) is 2.46. The van der Waals surface area contributed by atoms with E-state index in [-0.39, 0.29) is 11.7 Å². The number of thiophene rings is 1. The molecule has 7 heteroatoms. The average Bonchev–Trinajstić information content (AvgIpc) is 2.97. The molecule has 0 fully saturated rings. The summed E-state index contributed by atoms with van der Waals surface area (Å²) in [6.45, 7) is 2.52. The zero-order chi connectivity index (χ0) is 13.1. The minimum absolute atomic E-state index is 0.171. The molecule has 0 unspecified atom stereocenters. The molecule has 0 saturated carbocycles. The molecule has 5 nitrogen and oxygen atoms in total. The Bertz CT molecular complexity index is 551. The number of hydrogen-bond donors (Lipinski definition) is 1. The van der Waals surface area contributed by atoms with E-state index < -0.39 is 0 Å². The van der Waals surface area contributed by atoms with Crippen LogP contribution in [0.1, 0.15) is 28.2 Å². The Morgan fingerprint density at radius 3 is 2.94 bits per heavy atom. The zero-order valence-corrected chi connectivity index (χ0v) is 12.5. The third-order valence-electron chi connectivity index (χ3n) is 2.42. The Kier molecular flexibility index (Phi) is 4.13. The fourth-order valence-corrected chi connectivity index (χ4v) is 2.97. The molecule has 0 saturated heterocycles. The number of hydrogen-bond acceptors (Lipinski definition) is 4. The number of aromatic nitrogens is 3. The van der Waals surface area contributed by atoms with Crippen LogP contribution in [-0.4, -0.2) is 33.0 Å². The van der Waals surface area contributed by atoms with Crippen molar-refractivity contribution in [2.75, 3.05) is 7.05 Å². The lowest BCUT2D eigenvalue weighted by atomic mass is 10.4. The molecular formula is C11H13BrN4OS. The van der Waals surface area contributed by atoms with Crippen LogP contribution in [0.2, 0.25) is 0 Å². The van der Waals surface area contributed by atoms with Crippen LogP contribution in [0.4, 0.5) is 0 Å². The van der Waals surface area contributed by atoms with E-state index >= 15 is 0 Å². The van der Waals surface area contributed by atoms with E-state index in [1.807, 2.05) is 18.4 Å². The molecule has 0 radical (unpaired) electrons. The number of H-pyrrole nitrogens is 1. The van der Waals surface area contributed by atoms with E-state index in [0.29, 0.717) is 6.54 Å². The SMILES string of the molecule is CCc1nc(C(=O)N(C)Cc2cc(Br)cs2)n[nH]1. The van der Waals surface area contributed by atoms with Crippen molar-refractivity contribution >= 4 is 33.2 Å². The Balaban J connectivity index is 2.04. The van der Waals surface area contributed by atoms with Gasteiger partial charge in [0.2, 0.25) is 5.82 Å². The van der Waals surface area contributed by atoms with Crippen LogP contribution >= 0.6 is 27.3 Å². The molecule has 96 valence electrons. The second kappa shape index (κ2) is 5.62.